The molecule has 3 rings (SSSR count). The highest BCUT2D eigenvalue weighted by atomic mass is 16.5. The fraction of sp³-hybridized carbons (Fsp3) is 0.182. The molecule has 0 aliphatic rings. The summed E-state index contributed by atoms with van der Waals surface area (Å²) in [4.78, 5) is 18.7. The number of nitrogens with one attached hydrogen (secondary N) is 1. The molecule has 5 nitrogen and oxygen atoms in total. The first-order chi connectivity index (χ1) is 13.1. The van der Waals surface area contributed by atoms with Crippen molar-refractivity contribution >= 4 is 11.7 Å². The third-order valence-electron chi connectivity index (χ3n) is 4.07. The summed E-state index contributed by atoms with van der Waals surface area (Å²) in [5.41, 5.74) is 2.66. The average Bonchev–Trinajstić information content (AvgIpc) is 2.71. The number of benzene rings is 2. The number of amides is 1. The van der Waals surface area contributed by atoms with Gasteiger partial charge in [-0.2, -0.15) is 0 Å². The van der Waals surface area contributed by atoms with Gasteiger partial charge in [0.25, 0.3) is 5.91 Å². The van der Waals surface area contributed by atoms with Crippen LogP contribution in [0.25, 0.3) is 0 Å². The fourth-order valence-electron chi connectivity index (χ4n) is 2.57. The van der Waals surface area contributed by atoms with Gasteiger partial charge in [-0.05, 0) is 41.5 Å². The van der Waals surface area contributed by atoms with Crippen molar-refractivity contribution in [2.45, 2.75) is 13.2 Å². The van der Waals surface area contributed by atoms with Crippen molar-refractivity contribution in [3.05, 3.63) is 89.6 Å². The van der Waals surface area contributed by atoms with E-state index in [1.807, 2.05) is 73.6 Å². The molecule has 0 atom stereocenters. The van der Waals surface area contributed by atoms with Gasteiger partial charge in [0.1, 0.15) is 18.2 Å². The monoisotopic (exact) mass is 361 g/mol. The topological polar surface area (TPSA) is 54.5 Å². The summed E-state index contributed by atoms with van der Waals surface area (Å²) in [6.07, 6.45) is 1.74. The van der Waals surface area contributed by atoms with Crippen LogP contribution in [-0.4, -0.2) is 25.0 Å². The second-order valence-electron chi connectivity index (χ2n) is 6.40. The highest BCUT2D eigenvalue weighted by Crippen LogP contribution is 2.16. The van der Waals surface area contributed by atoms with Crippen molar-refractivity contribution < 1.29 is 9.53 Å². The number of anilines is 1. The summed E-state index contributed by atoms with van der Waals surface area (Å²) in [6.45, 7) is 0.910. The Morgan fingerprint density at radius 3 is 2.59 bits per heavy atom. The van der Waals surface area contributed by atoms with Gasteiger partial charge < -0.3 is 15.0 Å². The first-order valence-corrected chi connectivity index (χ1v) is 8.79. The lowest BCUT2D eigenvalue weighted by molar-refractivity contribution is 0.0950. The van der Waals surface area contributed by atoms with Gasteiger partial charge in [0.2, 0.25) is 0 Å². The van der Waals surface area contributed by atoms with Crippen LogP contribution in [0, 0.1) is 0 Å². The number of aromatic nitrogens is 1. The lowest BCUT2D eigenvalue weighted by atomic mass is 10.2. The van der Waals surface area contributed by atoms with E-state index in [0.717, 1.165) is 16.9 Å². The summed E-state index contributed by atoms with van der Waals surface area (Å²) in [5.74, 6) is 1.40. The summed E-state index contributed by atoms with van der Waals surface area (Å²) >= 11 is 0. The minimum Gasteiger partial charge on any atom is -0.489 e. The van der Waals surface area contributed by atoms with E-state index in [2.05, 4.69) is 10.3 Å². The quantitative estimate of drug-likeness (QED) is 0.698. The normalized spacial score (nSPS) is 10.3. The van der Waals surface area contributed by atoms with Crippen LogP contribution >= 0.6 is 0 Å². The standard InChI is InChI=1S/C22H23N3O2/c1-25(2)21-13-18(11-12-23-21)15-24-22(26)19-9-6-10-20(14-19)27-16-17-7-4-3-5-8-17/h3-14H,15-16H2,1-2H3,(H,24,26). The number of nitrogens with zero attached hydrogens (tertiary/aromatic N) is 2. The number of carbonyl (C=O) groups excluding carboxylic acids is 1. The van der Waals surface area contributed by atoms with Crippen molar-refractivity contribution in [3.8, 4) is 5.75 Å². The molecule has 2 aromatic carbocycles. The van der Waals surface area contributed by atoms with E-state index >= 15 is 0 Å². The Bertz CT molecular complexity index is 895. The largest absolute Gasteiger partial charge is 0.489 e. The number of pyridine rings is 1. The predicted octanol–water partition coefficient (Wildman–Crippen LogP) is 3.66. The van der Waals surface area contributed by atoms with E-state index in [-0.39, 0.29) is 5.91 Å². The molecule has 5 heteroatoms. The molecule has 1 heterocycles. The molecule has 138 valence electrons. The second-order valence-corrected chi connectivity index (χ2v) is 6.40. The van der Waals surface area contributed by atoms with Crippen LogP contribution in [0.1, 0.15) is 21.5 Å². The van der Waals surface area contributed by atoms with Gasteiger partial charge in [-0.1, -0.05) is 36.4 Å². The molecule has 0 unspecified atom stereocenters. The first kappa shape index (κ1) is 18.5. The number of carbonyl (C=O) groups is 1. The smallest absolute Gasteiger partial charge is 0.251 e. The molecule has 0 fully saturated rings. The van der Waals surface area contributed by atoms with Gasteiger partial charge in [-0.15, -0.1) is 0 Å². The first-order valence-electron chi connectivity index (χ1n) is 8.79. The Kier molecular flexibility index (Phi) is 6.05. The second kappa shape index (κ2) is 8.85. The van der Waals surface area contributed by atoms with E-state index in [4.69, 9.17) is 4.74 Å². The number of hydrogen-bond donors (Lipinski definition) is 1. The maximum Gasteiger partial charge on any atom is 0.251 e. The molecule has 0 saturated carbocycles. The third kappa shape index (κ3) is 5.31. The molecule has 1 N–H and O–H groups in total. The Labute approximate surface area is 159 Å². The lowest BCUT2D eigenvalue weighted by Gasteiger charge is -2.13. The zero-order valence-electron chi connectivity index (χ0n) is 15.6. The zero-order chi connectivity index (χ0) is 19.1. The van der Waals surface area contributed by atoms with Crippen molar-refractivity contribution in [2.75, 3.05) is 19.0 Å². The van der Waals surface area contributed by atoms with Crippen molar-refractivity contribution in [3.63, 3.8) is 0 Å². The Hall–Kier alpha value is -3.34. The fourth-order valence-corrected chi connectivity index (χ4v) is 2.57. The van der Waals surface area contributed by atoms with Gasteiger partial charge in [-0.25, -0.2) is 4.98 Å². The number of rotatable bonds is 7. The maximum atomic E-state index is 12.5. The Morgan fingerprint density at radius 1 is 1.00 bits per heavy atom. The minimum atomic E-state index is -0.136. The summed E-state index contributed by atoms with van der Waals surface area (Å²) in [5, 5.41) is 2.94. The number of ether oxygens (including phenoxy) is 1. The average molecular weight is 361 g/mol. The van der Waals surface area contributed by atoms with Gasteiger partial charge in [0, 0.05) is 32.4 Å². The van der Waals surface area contributed by atoms with Crippen LogP contribution in [0.3, 0.4) is 0 Å². The third-order valence-corrected chi connectivity index (χ3v) is 4.07. The Morgan fingerprint density at radius 2 is 1.81 bits per heavy atom. The molecule has 0 saturated heterocycles. The summed E-state index contributed by atoms with van der Waals surface area (Å²) in [7, 11) is 3.87. The van der Waals surface area contributed by atoms with Crippen molar-refractivity contribution in [2.24, 2.45) is 0 Å². The van der Waals surface area contributed by atoms with Gasteiger partial charge in [0.15, 0.2) is 0 Å². The molecule has 0 bridgehead atoms. The van der Waals surface area contributed by atoms with Crippen LogP contribution in [0.5, 0.6) is 5.75 Å². The van der Waals surface area contributed by atoms with Crippen LogP contribution < -0.4 is 15.0 Å². The lowest BCUT2D eigenvalue weighted by Crippen LogP contribution is -2.23. The van der Waals surface area contributed by atoms with Crippen molar-refractivity contribution in [1.29, 1.82) is 0 Å². The van der Waals surface area contributed by atoms with E-state index in [1.165, 1.54) is 0 Å². The van der Waals surface area contributed by atoms with E-state index < -0.39 is 0 Å². The minimum absolute atomic E-state index is 0.136. The molecule has 1 aromatic heterocycles. The predicted molar refractivity (Wildman–Crippen MR) is 107 cm³/mol. The molecule has 0 spiro atoms. The van der Waals surface area contributed by atoms with Crippen LogP contribution in [0.2, 0.25) is 0 Å². The SMILES string of the molecule is CN(C)c1cc(CNC(=O)c2cccc(OCc3ccccc3)c2)ccn1. The molecule has 0 radical (unpaired) electrons. The highest BCUT2D eigenvalue weighted by Gasteiger charge is 2.08. The summed E-state index contributed by atoms with van der Waals surface area (Å²) < 4.78 is 5.79. The van der Waals surface area contributed by atoms with E-state index in [9.17, 15) is 4.79 Å². The van der Waals surface area contributed by atoms with Crippen molar-refractivity contribution in [1.82, 2.24) is 10.3 Å². The molecule has 1 amide bonds. The van der Waals surface area contributed by atoms with E-state index in [0.29, 0.717) is 24.5 Å². The van der Waals surface area contributed by atoms with E-state index in [1.54, 1.807) is 18.3 Å². The van der Waals surface area contributed by atoms with Gasteiger partial charge in [0.05, 0.1) is 0 Å². The molecule has 0 aliphatic carbocycles. The van der Waals surface area contributed by atoms with Gasteiger partial charge in [-0.3, -0.25) is 4.79 Å². The van der Waals surface area contributed by atoms with Crippen LogP contribution in [0.15, 0.2) is 72.9 Å². The number of hydrogen-bond acceptors (Lipinski definition) is 4. The molecule has 27 heavy (non-hydrogen) atoms. The molecular weight excluding hydrogens is 338 g/mol. The molecular formula is C22H23N3O2. The van der Waals surface area contributed by atoms with Crippen LogP contribution in [0.4, 0.5) is 5.82 Å². The summed E-state index contributed by atoms with van der Waals surface area (Å²) in [6, 6.07) is 21.0. The van der Waals surface area contributed by atoms with Gasteiger partial charge >= 0.3 is 0 Å². The van der Waals surface area contributed by atoms with Crippen LogP contribution in [-0.2, 0) is 13.2 Å². The molecule has 3 aromatic rings. The highest BCUT2D eigenvalue weighted by molar-refractivity contribution is 5.94. The zero-order valence-corrected chi connectivity index (χ0v) is 15.6. The molecule has 0 aliphatic heterocycles. The Balaban J connectivity index is 1.59. The maximum absolute atomic E-state index is 12.5.